The summed E-state index contributed by atoms with van der Waals surface area (Å²) in [4.78, 5) is 16.9. The molecule has 0 spiro atoms. The lowest BCUT2D eigenvalue weighted by Crippen LogP contribution is -2.22. The summed E-state index contributed by atoms with van der Waals surface area (Å²) in [5.74, 6) is 0.315. The Labute approximate surface area is 83.1 Å². The Bertz CT molecular complexity index is 336. The van der Waals surface area contributed by atoms with Crippen molar-refractivity contribution in [2.24, 2.45) is 0 Å². The van der Waals surface area contributed by atoms with Gasteiger partial charge in [-0.25, -0.2) is 0 Å². The molecule has 0 aliphatic heterocycles. The monoisotopic (exact) mass is 197 g/mol. The minimum absolute atomic E-state index is 0.0416. The molecule has 0 atom stereocenters. The van der Waals surface area contributed by atoms with Gasteiger partial charge >= 0.3 is 11.8 Å². The molecule has 78 valence electrons. The average Bonchev–Trinajstić information content (AvgIpc) is 2.49. The predicted octanol–water partition coefficient (Wildman–Crippen LogP) is 1.07. The molecule has 0 fully saturated rings. The first-order valence-electron chi connectivity index (χ1n) is 4.38. The second-order valence-electron chi connectivity index (χ2n) is 4.37. The maximum absolute atomic E-state index is 11.4. The van der Waals surface area contributed by atoms with Crippen LogP contribution >= 0.6 is 0 Å². The third-order valence-corrected chi connectivity index (χ3v) is 1.69. The van der Waals surface area contributed by atoms with Crippen LogP contribution in [0.4, 0.5) is 0 Å². The van der Waals surface area contributed by atoms with E-state index in [1.54, 1.807) is 14.1 Å². The first-order chi connectivity index (χ1) is 6.32. The number of aromatic nitrogens is 2. The summed E-state index contributed by atoms with van der Waals surface area (Å²) in [6.07, 6.45) is 0. The van der Waals surface area contributed by atoms with E-state index < -0.39 is 0 Å². The molecule has 0 saturated heterocycles. The van der Waals surface area contributed by atoms with Gasteiger partial charge in [-0.3, -0.25) is 4.79 Å². The van der Waals surface area contributed by atoms with E-state index in [1.807, 2.05) is 20.8 Å². The van der Waals surface area contributed by atoms with E-state index in [2.05, 4.69) is 10.1 Å². The van der Waals surface area contributed by atoms with Gasteiger partial charge in [-0.15, -0.1) is 0 Å². The maximum atomic E-state index is 11.4. The Morgan fingerprint density at radius 3 is 2.29 bits per heavy atom. The summed E-state index contributed by atoms with van der Waals surface area (Å²) in [5, 5.41) is 3.76. The van der Waals surface area contributed by atoms with Gasteiger partial charge in [0.1, 0.15) is 0 Å². The van der Waals surface area contributed by atoms with Crippen molar-refractivity contribution in [1.82, 2.24) is 15.0 Å². The largest absolute Gasteiger partial charge is 0.341 e. The molecule has 1 heterocycles. The SMILES string of the molecule is CN(C)C(=O)c1nc(C(C)(C)C)no1. The zero-order valence-corrected chi connectivity index (χ0v) is 9.16. The first kappa shape index (κ1) is 10.7. The van der Waals surface area contributed by atoms with Crippen LogP contribution in [0, 0.1) is 0 Å². The lowest BCUT2D eigenvalue weighted by atomic mass is 9.96. The van der Waals surface area contributed by atoms with Gasteiger partial charge in [-0.1, -0.05) is 25.9 Å². The van der Waals surface area contributed by atoms with Crippen LogP contribution in [0.15, 0.2) is 4.52 Å². The van der Waals surface area contributed by atoms with Gasteiger partial charge < -0.3 is 9.42 Å². The maximum Gasteiger partial charge on any atom is 0.316 e. The molecule has 0 unspecified atom stereocenters. The smallest absolute Gasteiger partial charge is 0.316 e. The minimum Gasteiger partial charge on any atom is -0.341 e. The second-order valence-corrected chi connectivity index (χ2v) is 4.37. The Kier molecular flexibility index (Phi) is 2.59. The van der Waals surface area contributed by atoms with Crippen molar-refractivity contribution < 1.29 is 9.32 Å². The highest BCUT2D eigenvalue weighted by Gasteiger charge is 2.24. The summed E-state index contributed by atoms with van der Waals surface area (Å²) in [6, 6.07) is 0. The lowest BCUT2D eigenvalue weighted by molar-refractivity contribution is 0.0779. The van der Waals surface area contributed by atoms with Crippen LogP contribution in [0.1, 0.15) is 37.3 Å². The van der Waals surface area contributed by atoms with Crippen molar-refractivity contribution in [1.29, 1.82) is 0 Å². The Balaban J connectivity index is 2.95. The normalized spacial score (nSPS) is 11.5. The van der Waals surface area contributed by atoms with Crippen molar-refractivity contribution in [3.05, 3.63) is 11.7 Å². The van der Waals surface area contributed by atoms with Crippen molar-refractivity contribution in [3.8, 4) is 0 Å². The third-order valence-electron chi connectivity index (χ3n) is 1.69. The van der Waals surface area contributed by atoms with Gasteiger partial charge in [0.05, 0.1) is 0 Å². The number of hydrogen-bond acceptors (Lipinski definition) is 4. The Morgan fingerprint density at radius 2 is 1.93 bits per heavy atom. The molecule has 14 heavy (non-hydrogen) atoms. The molecule has 0 aliphatic carbocycles. The van der Waals surface area contributed by atoms with Crippen LogP contribution < -0.4 is 0 Å². The lowest BCUT2D eigenvalue weighted by Gasteiger charge is -2.11. The quantitative estimate of drug-likeness (QED) is 0.675. The van der Waals surface area contributed by atoms with E-state index in [0.717, 1.165) is 0 Å². The fraction of sp³-hybridized carbons (Fsp3) is 0.667. The van der Waals surface area contributed by atoms with Crippen LogP contribution in [0.25, 0.3) is 0 Å². The summed E-state index contributed by atoms with van der Waals surface area (Å²) >= 11 is 0. The number of nitrogens with zero attached hydrogens (tertiary/aromatic N) is 3. The van der Waals surface area contributed by atoms with Gasteiger partial charge in [0.15, 0.2) is 5.82 Å². The minimum atomic E-state index is -0.270. The number of carbonyl (C=O) groups is 1. The van der Waals surface area contributed by atoms with Crippen molar-refractivity contribution in [2.75, 3.05) is 14.1 Å². The van der Waals surface area contributed by atoms with Crippen molar-refractivity contribution >= 4 is 5.91 Å². The summed E-state index contributed by atoms with van der Waals surface area (Å²) in [7, 11) is 3.28. The van der Waals surface area contributed by atoms with Crippen molar-refractivity contribution in [3.63, 3.8) is 0 Å². The molecule has 0 saturated carbocycles. The van der Waals surface area contributed by atoms with Gasteiger partial charge in [-0.2, -0.15) is 4.98 Å². The van der Waals surface area contributed by atoms with E-state index in [1.165, 1.54) is 4.90 Å². The number of hydrogen-bond donors (Lipinski definition) is 0. The molecular formula is C9H15N3O2. The molecule has 1 aromatic rings. The van der Waals surface area contributed by atoms with Crippen molar-refractivity contribution in [2.45, 2.75) is 26.2 Å². The topological polar surface area (TPSA) is 59.2 Å². The molecule has 5 nitrogen and oxygen atoms in total. The molecule has 1 aromatic heterocycles. The van der Waals surface area contributed by atoms with E-state index in [0.29, 0.717) is 5.82 Å². The van der Waals surface area contributed by atoms with Crippen LogP contribution in [0.5, 0.6) is 0 Å². The Hall–Kier alpha value is -1.39. The highest BCUT2D eigenvalue weighted by Crippen LogP contribution is 2.18. The molecule has 5 heteroatoms. The molecule has 0 aromatic carbocycles. The average molecular weight is 197 g/mol. The van der Waals surface area contributed by atoms with Gasteiger partial charge in [0.25, 0.3) is 0 Å². The fourth-order valence-corrected chi connectivity index (χ4v) is 0.806. The molecular weight excluding hydrogens is 182 g/mol. The molecule has 0 bridgehead atoms. The van der Waals surface area contributed by atoms with Crippen LogP contribution in [-0.4, -0.2) is 35.0 Å². The van der Waals surface area contributed by atoms with Crippen LogP contribution in [0.3, 0.4) is 0 Å². The number of amides is 1. The fourth-order valence-electron chi connectivity index (χ4n) is 0.806. The van der Waals surface area contributed by atoms with E-state index in [4.69, 9.17) is 4.52 Å². The van der Waals surface area contributed by atoms with E-state index in [-0.39, 0.29) is 17.2 Å². The highest BCUT2D eigenvalue weighted by molar-refractivity contribution is 5.89. The van der Waals surface area contributed by atoms with E-state index >= 15 is 0 Å². The molecule has 1 amide bonds. The second kappa shape index (κ2) is 3.40. The Morgan fingerprint density at radius 1 is 1.36 bits per heavy atom. The summed E-state index contributed by atoms with van der Waals surface area (Å²) in [6.45, 7) is 5.88. The number of carbonyl (C=O) groups excluding carboxylic acids is 1. The first-order valence-corrected chi connectivity index (χ1v) is 4.38. The zero-order valence-electron chi connectivity index (χ0n) is 9.16. The predicted molar refractivity (Wildman–Crippen MR) is 51.0 cm³/mol. The zero-order chi connectivity index (χ0) is 10.9. The molecule has 0 radical (unpaired) electrons. The summed E-state index contributed by atoms with van der Waals surface area (Å²) in [5.41, 5.74) is -0.200. The molecule has 1 rings (SSSR count). The summed E-state index contributed by atoms with van der Waals surface area (Å²) < 4.78 is 4.86. The van der Waals surface area contributed by atoms with Crippen LogP contribution in [0.2, 0.25) is 0 Å². The van der Waals surface area contributed by atoms with Gasteiger partial charge in [-0.05, 0) is 0 Å². The standard InChI is InChI=1S/C9H15N3O2/c1-9(2,3)8-10-6(14-11-8)7(13)12(4)5/h1-5H3. The van der Waals surface area contributed by atoms with Gasteiger partial charge in [0, 0.05) is 19.5 Å². The highest BCUT2D eigenvalue weighted by atomic mass is 16.5. The van der Waals surface area contributed by atoms with E-state index in [9.17, 15) is 4.79 Å². The molecule has 0 aliphatic rings. The number of rotatable bonds is 1. The van der Waals surface area contributed by atoms with Gasteiger partial charge in [0.2, 0.25) is 0 Å². The van der Waals surface area contributed by atoms with Crippen LogP contribution in [-0.2, 0) is 5.41 Å². The molecule has 0 N–H and O–H groups in total. The third kappa shape index (κ3) is 2.10.